The highest BCUT2D eigenvalue weighted by atomic mass is 32.2. The van der Waals surface area contributed by atoms with Crippen LogP contribution in [0.4, 0.5) is 4.79 Å². The van der Waals surface area contributed by atoms with Gasteiger partial charge in [0.05, 0.1) is 16.4 Å². The monoisotopic (exact) mass is 651 g/mol. The van der Waals surface area contributed by atoms with Crippen LogP contribution >= 0.6 is 0 Å². The number of benzene rings is 3. The number of fused-ring (bicyclic) bond motifs is 2. The largest absolute Gasteiger partial charge is 0.478 e. The summed E-state index contributed by atoms with van der Waals surface area (Å²) in [5.74, 6) is -1.02. The summed E-state index contributed by atoms with van der Waals surface area (Å²) in [7, 11) is -2.49. The number of methoxy groups -OCH3 is 1. The zero-order valence-electron chi connectivity index (χ0n) is 25.3. The Morgan fingerprint density at radius 2 is 1.57 bits per heavy atom. The third-order valence-corrected chi connectivity index (χ3v) is 10.2. The van der Waals surface area contributed by atoms with Gasteiger partial charge in [-0.15, -0.1) is 0 Å². The molecule has 5 rings (SSSR count). The Bertz CT molecular complexity index is 1650. The molecule has 0 bridgehead atoms. The molecule has 0 unspecified atom stereocenters. The number of ether oxygens (including phenoxy) is 2. The molecule has 0 radical (unpaired) electrons. The number of amides is 2. The van der Waals surface area contributed by atoms with E-state index in [2.05, 4.69) is 10.0 Å². The van der Waals surface area contributed by atoms with E-state index >= 15 is 0 Å². The lowest BCUT2D eigenvalue weighted by molar-refractivity contribution is -0.126. The number of carboxylic acids is 1. The van der Waals surface area contributed by atoms with Crippen LogP contribution in [0.15, 0.2) is 77.7 Å². The van der Waals surface area contributed by atoms with Crippen LogP contribution in [0, 0.1) is 5.92 Å². The van der Waals surface area contributed by atoms with E-state index in [4.69, 9.17) is 14.6 Å². The topological polar surface area (TPSA) is 172 Å². The first-order valence-corrected chi connectivity index (χ1v) is 16.5. The number of rotatable bonds is 12. The molecule has 0 saturated carbocycles. The van der Waals surface area contributed by atoms with E-state index in [-0.39, 0.29) is 36.5 Å². The number of carbonyl (C=O) groups is 3. The summed E-state index contributed by atoms with van der Waals surface area (Å²) in [6.07, 6.45) is 1.10. The molecule has 13 heteroatoms. The summed E-state index contributed by atoms with van der Waals surface area (Å²) < 4.78 is 40.3. The second-order valence-electron chi connectivity index (χ2n) is 11.6. The van der Waals surface area contributed by atoms with Crippen molar-refractivity contribution < 1.29 is 42.5 Å². The predicted molar refractivity (Wildman–Crippen MR) is 168 cm³/mol. The molecule has 1 fully saturated rings. The maximum Gasteiger partial charge on any atom is 0.407 e. The second-order valence-corrected chi connectivity index (χ2v) is 13.3. The summed E-state index contributed by atoms with van der Waals surface area (Å²) in [5, 5.41) is 22.1. The molecule has 0 aliphatic carbocycles. The van der Waals surface area contributed by atoms with Gasteiger partial charge in [-0.2, -0.15) is 0 Å². The minimum Gasteiger partial charge on any atom is -0.478 e. The number of hydrogen-bond donors (Lipinski definition) is 4. The van der Waals surface area contributed by atoms with Crippen molar-refractivity contribution in [2.24, 2.45) is 5.92 Å². The van der Waals surface area contributed by atoms with Crippen LogP contribution in [-0.4, -0.2) is 80.9 Å². The third kappa shape index (κ3) is 7.01. The van der Waals surface area contributed by atoms with E-state index < -0.39 is 45.4 Å². The summed E-state index contributed by atoms with van der Waals surface area (Å²) in [4.78, 5) is 37.9. The molecule has 46 heavy (non-hydrogen) atoms. The Morgan fingerprint density at radius 1 is 0.935 bits per heavy atom. The van der Waals surface area contributed by atoms with Crippen molar-refractivity contribution in [2.75, 3.05) is 33.4 Å². The van der Waals surface area contributed by atoms with Crippen molar-refractivity contribution in [1.82, 2.24) is 14.9 Å². The first kappa shape index (κ1) is 32.9. The lowest BCUT2D eigenvalue weighted by Crippen LogP contribution is -2.56. The van der Waals surface area contributed by atoms with Crippen molar-refractivity contribution in [2.45, 2.75) is 42.0 Å². The number of piperidine rings is 1. The van der Waals surface area contributed by atoms with E-state index in [1.807, 2.05) is 48.5 Å². The minimum atomic E-state index is -4.14. The molecule has 4 N–H and O–H groups in total. The minimum absolute atomic E-state index is 0.0686. The maximum absolute atomic E-state index is 13.8. The standard InChI is InChI=1S/C33H37N3O9S/c1-44-17-7-6-16-33(26-8-2-4-10-28(26)45-29-11-5-3-9-27(29)33)21-34-30(37)23-18-24(20-36(19-23)32(40)41)35-46(42,43)25-14-12-22(13-15-25)31(38)39/h2-5,8-15,23-24,35H,6-7,16-21H2,1H3,(H,34,37)(H,38,39)(H,40,41)/t23-,24+/m0/s1. The highest BCUT2D eigenvalue weighted by Crippen LogP contribution is 2.50. The van der Waals surface area contributed by atoms with Gasteiger partial charge >= 0.3 is 12.1 Å². The summed E-state index contributed by atoms with van der Waals surface area (Å²) in [6, 6.07) is 19.2. The van der Waals surface area contributed by atoms with Gasteiger partial charge in [0.1, 0.15) is 11.5 Å². The molecule has 3 aromatic carbocycles. The second kappa shape index (κ2) is 13.9. The number of nitrogens with zero attached hydrogens (tertiary/aromatic N) is 1. The molecule has 2 aliphatic heterocycles. The Balaban J connectivity index is 1.38. The third-order valence-electron chi connectivity index (χ3n) is 8.62. The fourth-order valence-electron chi connectivity index (χ4n) is 6.36. The number of likely N-dealkylation sites (tertiary alicyclic amines) is 1. The predicted octanol–water partition coefficient (Wildman–Crippen LogP) is 4.06. The number of para-hydroxylation sites is 2. The van der Waals surface area contributed by atoms with Gasteiger partial charge in [-0.05, 0) is 62.1 Å². The number of unbranched alkanes of at least 4 members (excludes halogenated alkanes) is 1. The molecule has 2 aliphatic rings. The van der Waals surface area contributed by atoms with Gasteiger partial charge in [0.2, 0.25) is 15.9 Å². The normalized spacial score (nSPS) is 18.5. The van der Waals surface area contributed by atoms with Gasteiger partial charge in [0.15, 0.2) is 0 Å². The number of carbonyl (C=O) groups excluding carboxylic acids is 1. The molecule has 244 valence electrons. The molecule has 3 aromatic rings. The zero-order chi connectivity index (χ0) is 32.9. The van der Waals surface area contributed by atoms with Gasteiger partial charge in [-0.25, -0.2) is 22.7 Å². The van der Waals surface area contributed by atoms with Crippen LogP contribution in [0.25, 0.3) is 0 Å². The van der Waals surface area contributed by atoms with Crippen molar-refractivity contribution >= 4 is 28.0 Å². The quantitative estimate of drug-likeness (QED) is 0.211. The van der Waals surface area contributed by atoms with Crippen LogP contribution in [0.1, 0.15) is 47.2 Å². The van der Waals surface area contributed by atoms with E-state index in [1.165, 1.54) is 24.3 Å². The van der Waals surface area contributed by atoms with E-state index in [0.29, 0.717) is 24.5 Å². The zero-order valence-corrected chi connectivity index (χ0v) is 26.2. The van der Waals surface area contributed by atoms with Crippen LogP contribution < -0.4 is 14.8 Å². The fraction of sp³-hybridized carbons (Fsp3) is 0.364. The molecule has 1 saturated heterocycles. The lowest BCUT2D eigenvalue weighted by atomic mass is 9.69. The van der Waals surface area contributed by atoms with Crippen molar-refractivity contribution in [3.63, 3.8) is 0 Å². The first-order valence-electron chi connectivity index (χ1n) is 15.0. The van der Waals surface area contributed by atoms with Crippen molar-refractivity contribution in [3.05, 3.63) is 89.5 Å². The fourth-order valence-corrected chi connectivity index (χ4v) is 7.60. The summed E-state index contributed by atoms with van der Waals surface area (Å²) in [6.45, 7) is 0.569. The summed E-state index contributed by atoms with van der Waals surface area (Å²) >= 11 is 0. The van der Waals surface area contributed by atoms with Gasteiger partial charge < -0.3 is 29.9 Å². The summed E-state index contributed by atoms with van der Waals surface area (Å²) in [5.41, 5.74) is 1.15. The number of sulfonamides is 1. The Morgan fingerprint density at radius 3 is 2.15 bits per heavy atom. The molecule has 0 aromatic heterocycles. The highest BCUT2D eigenvalue weighted by molar-refractivity contribution is 7.89. The molecule has 2 heterocycles. The molecule has 0 spiro atoms. The smallest absolute Gasteiger partial charge is 0.407 e. The molecule has 2 amide bonds. The molecular formula is C33H37N3O9S. The van der Waals surface area contributed by atoms with Crippen LogP contribution in [0.3, 0.4) is 0 Å². The Kier molecular flexibility index (Phi) is 9.94. The van der Waals surface area contributed by atoms with Crippen LogP contribution in [0.2, 0.25) is 0 Å². The average molecular weight is 652 g/mol. The SMILES string of the molecule is COCCCCC1(CNC(=O)[C@H]2C[C@@H](NS(=O)(=O)c3ccc(C(=O)O)cc3)CN(C(=O)O)C2)c2ccccc2Oc2ccccc21. The van der Waals surface area contributed by atoms with E-state index in [0.717, 1.165) is 28.9 Å². The lowest BCUT2D eigenvalue weighted by Gasteiger charge is -2.41. The van der Waals surface area contributed by atoms with Gasteiger partial charge in [-0.1, -0.05) is 36.4 Å². The maximum atomic E-state index is 13.8. The van der Waals surface area contributed by atoms with Crippen molar-refractivity contribution in [1.29, 1.82) is 0 Å². The number of aromatic carboxylic acids is 1. The van der Waals surface area contributed by atoms with Gasteiger partial charge in [0.25, 0.3) is 0 Å². The van der Waals surface area contributed by atoms with E-state index in [1.54, 1.807) is 7.11 Å². The molecule has 2 atom stereocenters. The average Bonchev–Trinajstić information content (AvgIpc) is 3.05. The number of hydrogen-bond acceptors (Lipinski definition) is 7. The van der Waals surface area contributed by atoms with E-state index in [9.17, 15) is 27.9 Å². The molecule has 12 nitrogen and oxygen atoms in total. The van der Waals surface area contributed by atoms with Crippen LogP contribution in [-0.2, 0) is 25.0 Å². The van der Waals surface area contributed by atoms with Crippen molar-refractivity contribution in [3.8, 4) is 11.5 Å². The number of carboxylic acid groups (broad SMARTS) is 2. The van der Waals surface area contributed by atoms with Gasteiger partial charge in [-0.3, -0.25) is 4.79 Å². The Labute approximate surface area is 267 Å². The molecular weight excluding hydrogens is 614 g/mol. The Hall–Kier alpha value is -4.46. The first-order chi connectivity index (χ1) is 22.0. The van der Waals surface area contributed by atoms with Gasteiger partial charge in [0, 0.05) is 55.9 Å². The number of nitrogens with one attached hydrogen (secondary N) is 2. The highest BCUT2D eigenvalue weighted by Gasteiger charge is 2.43. The van der Waals surface area contributed by atoms with Crippen LogP contribution in [0.5, 0.6) is 11.5 Å².